The van der Waals surface area contributed by atoms with Crippen molar-refractivity contribution in [1.29, 1.82) is 0 Å². The van der Waals surface area contributed by atoms with Gasteiger partial charge in [-0.2, -0.15) is 5.10 Å². The van der Waals surface area contributed by atoms with Crippen molar-refractivity contribution in [2.45, 2.75) is 13.5 Å². The Hall–Kier alpha value is -2.86. The summed E-state index contributed by atoms with van der Waals surface area (Å²) in [5.41, 5.74) is 2.68. The summed E-state index contributed by atoms with van der Waals surface area (Å²) in [6, 6.07) is 16.0. The Morgan fingerprint density at radius 1 is 1.07 bits per heavy atom. The van der Waals surface area contributed by atoms with E-state index in [1.807, 2.05) is 48.2 Å². The summed E-state index contributed by atoms with van der Waals surface area (Å²) in [4.78, 5) is 17.1. The van der Waals surface area contributed by atoms with Gasteiger partial charge in [0.1, 0.15) is 5.75 Å². The minimum absolute atomic E-state index is 0.00756. The number of H-pyrrole nitrogens is 1. The van der Waals surface area contributed by atoms with E-state index in [-0.39, 0.29) is 5.91 Å². The van der Waals surface area contributed by atoms with Gasteiger partial charge in [-0.1, -0.05) is 30.3 Å². The molecule has 6 nitrogen and oxygen atoms in total. The molecule has 4 rings (SSSR count). The van der Waals surface area contributed by atoms with E-state index in [9.17, 15) is 4.79 Å². The van der Waals surface area contributed by atoms with Crippen molar-refractivity contribution in [2.24, 2.45) is 0 Å². The van der Waals surface area contributed by atoms with Gasteiger partial charge in [0.15, 0.2) is 5.69 Å². The number of amides is 1. The lowest BCUT2D eigenvalue weighted by Gasteiger charge is -2.34. The third kappa shape index (κ3) is 3.80. The smallest absolute Gasteiger partial charge is 0.275 e. The molecule has 1 fully saturated rings. The highest BCUT2D eigenvalue weighted by Gasteiger charge is 2.25. The molecular formula is C21H24N4O2. The van der Waals surface area contributed by atoms with Crippen LogP contribution in [0.4, 0.5) is 0 Å². The van der Waals surface area contributed by atoms with Crippen LogP contribution in [0, 0.1) is 0 Å². The number of nitrogens with zero attached hydrogens (tertiary/aromatic N) is 3. The van der Waals surface area contributed by atoms with E-state index >= 15 is 0 Å². The molecule has 0 unspecified atom stereocenters. The lowest BCUT2D eigenvalue weighted by Crippen LogP contribution is -2.48. The number of aromatic amines is 1. The Balaban J connectivity index is 1.35. The molecule has 2 aromatic carbocycles. The molecule has 1 aromatic heterocycles. The fourth-order valence-corrected chi connectivity index (χ4v) is 3.50. The van der Waals surface area contributed by atoms with E-state index in [0.717, 1.165) is 49.4 Å². The van der Waals surface area contributed by atoms with Crippen molar-refractivity contribution in [3.05, 3.63) is 59.8 Å². The van der Waals surface area contributed by atoms with Crippen LogP contribution in [0.2, 0.25) is 0 Å². The van der Waals surface area contributed by atoms with Gasteiger partial charge in [-0.3, -0.25) is 14.8 Å². The summed E-state index contributed by atoms with van der Waals surface area (Å²) >= 11 is 0. The fraction of sp³-hybridized carbons (Fsp3) is 0.333. The van der Waals surface area contributed by atoms with Gasteiger partial charge in [0.25, 0.3) is 5.91 Å². The van der Waals surface area contributed by atoms with Gasteiger partial charge in [0, 0.05) is 38.1 Å². The number of ether oxygens (including phenoxy) is 1. The lowest BCUT2D eigenvalue weighted by molar-refractivity contribution is 0.0624. The maximum absolute atomic E-state index is 12.8. The van der Waals surface area contributed by atoms with Crippen LogP contribution < -0.4 is 4.74 Å². The van der Waals surface area contributed by atoms with Crippen LogP contribution in [0.3, 0.4) is 0 Å². The minimum atomic E-state index is 0.00756. The molecular weight excluding hydrogens is 340 g/mol. The number of hydrogen-bond donors (Lipinski definition) is 1. The van der Waals surface area contributed by atoms with Gasteiger partial charge in [-0.15, -0.1) is 0 Å². The highest BCUT2D eigenvalue weighted by atomic mass is 16.5. The normalized spacial score (nSPS) is 15.2. The first kappa shape index (κ1) is 17.5. The van der Waals surface area contributed by atoms with Crippen molar-refractivity contribution in [1.82, 2.24) is 20.0 Å². The quantitative estimate of drug-likeness (QED) is 0.756. The van der Waals surface area contributed by atoms with Crippen LogP contribution in [-0.2, 0) is 6.54 Å². The molecule has 0 spiro atoms. The topological polar surface area (TPSA) is 61.5 Å². The molecule has 1 aliphatic heterocycles. The Morgan fingerprint density at radius 2 is 1.81 bits per heavy atom. The Bertz CT molecular complexity index is 911. The molecule has 1 aliphatic rings. The second-order valence-corrected chi connectivity index (χ2v) is 6.76. The fourth-order valence-electron chi connectivity index (χ4n) is 3.50. The van der Waals surface area contributed by atoms with Crippen LogP contribution in [0.15, 0.2) is 48.5 Å². The van der Waals surface area contributed by atoms with Gasteiger partial charge in [-0.25, -0.2) is 0 Å². The van der Waals surface area contributed by atoms with Crippen molar-refractivity contribution >= 4 is 16.8 Å². The van der Waals surface area contributed by atoms with E-state index in [1.54, 1.807) is 0 Å². The summed E-state index contributed by atoms with van der Waals surface area (Å²) in [6.45, 7) is 6.72. The second kappa shape index (κ2) is 7.80. The number of rotatable bonds is 5. The van der Waals surface area contributed by atoms with Gasteiger partial charge >= 0.3 is 0 Å². The predicted octanol–water partition coefficient (Wildman–Crippen LogP) is 2.92. The molecule has 0 atom stereocenters. The Labute approximate surface area is 158 Å². The highest BCUT2D eigenvalue weighted by Crippen LogP contribution is 2.19. The van der Waals surface area contributed by atoms with Gasteiger partial charge in [-0.05, 0) is 30.7 Å². The molecule has 0 aliphatic carbocycles. The van der Waals surface area contributed by atoms with E-state index in [4.69, 9.17) is 4.74 Å². The zero-order chi connectivity index (χ0) is 18.6. The molecule has 0 bridgehead atoms. The first-order valence-electron chi connectivity index (χ1n) is 9.41. The highest BCUT2D eigenvalue weighted by molar-refractivity contribution is 6.04. The summed E-state index contributed by atoms with van der Waals surface area (Å²) in [5, 5.41) is 8.07. The van der Waals surface area contributed by atoms with Gasteiger partial charge in [0.2, 0.25) is 0 Å². The van der Waals surface area contributed by atoms with E-state index in [2.05, 4.69) is 27.2 Å². The van der Waals surface area contributed by atoms with Crippen molar-refractivity contribution in [3.63, 3.8) is 0 Å². The zero-order valence-electron chi connectivity index (χ0n) is 15.5. The molecule has 1 saturated heterocycles. The molecule has 6 heteroatoms. The number of carbonyl (C=O) groups excluding carboxylic acids is 1. The minimum Gasteiger partial charge on any atom is -0.494 e. The average molecular weight is 364 g/mol. The number of para-hydroxylation sites is 1. The molecule has 140 valence electrons. The lowest BCUT2D eigenvalue weighted by atomic mass is 10.1. The number of piperazine rings is 1. The SMILES string of the molecule is CCOc1ccc(CN2CCN(C(=O)c3n[nH]c4ccccc34)CC2)cc1. The first-order valence-corrected chi connectivity index (χ1v) is 9.41. The monoisotopic (exact) mass is 364 g/mol. The number of benzene rings is 2. The van der Waals surface area contributed by atoms with Crippen molar-refractivity contribution in [3.8, 4) is 5.75 Å². The molecule has 3 aromatic rings. The largest absolute Gasteiger partial charge is 0.494 e. The van der Waals surface area contributed by atoms with Crippen LogP contribution in [0.1, 0.15) is 23.0 Å². The number of hydrogen-bond acceptors (Lipinski definition) is 4. The van der Waals surface area contributed by atoms with Crippen molar-refractivity contribution in [2.75, 3.05) is 32.8 Å². The number of nitrogens with one attached hydrogen (secondary N) is 1. The number of aromatic nitrogens is 2. The third-order valence-corrected chi connectivity index (χ3v) is 4.97. The maximum Gasteiger partial charge on any atom is 0.275 e. The third-order valence-electron chi connectivity index (χ3n) is 4.97. The zero-order valence-corrected chi connectivity index (χ0v) is 15.5. The molecule has 1 amide bonds. The first-order chi connectivity index (χ1) is 13.2. The number of carbonyl (C=O) groups is 1. The standard InChI is InChI=1S/C21H24N4O2/c1-2-27-17-9-7-16(8-10-17)15-24-11-13-25(14-12-24)21(26)20-18-5-3-4-6-19(18)22-23-20/h3-10H,2,11-15H2,1H3,(H,22,23). The molecule has 27 heavy (non-hydrogen) atoms. The molecule has 0 radical (unpaired) electrons. The van der Waals surface area contributed by atoms with E-state index in [0.29, 0.717) is 12.3 Å². The second-order valence-electron chi connectivity index (χ2n) is 6.76. The van der Waals surface area contributed by atoms with Crippen LogP contribution in [0.25, 0.3) is 10.9 Å². The number of fused-ring (bicyclic) bond motifs is 1. The van der Waals surface area contributed by atoms with E-state index in [1.165, 1.54) is 5.56 Å². The summed E-state index contributed by atoms with van der Waals surface area (Å²) in [6.07, 6.45) is 0. The van der Waals surface area contributed by atoms with Crippen molar-refractivity contribution < 1.29 is 9.53 Å². The summed E-state index contributed by atoms with van der Waals surface area (Å²) in [7, 11) is 0. The summed E-state index contributed by atoms with van der Waals surface area (Å²) < 4.78 is 5.49. The van der Waals surface area contributed by atoms with E-state index < -0.39 is 0 Å². The average Bonchev–Trinajstić information content (AvgIpc) is 3.14. The van der Waals surface area contributed by atoms with Crippen LogP contribution >= 0.6 is 0 Å². The predicted molar refractivity (Wildman–Crippen MR) is 105 cm³/mol. The Morgan fingerprint density at radius 3 is 2.56 bits per heavy atom. The molecule has 1 N–H and O–H groups in total. The maximum atomic E-state index is 12.8. The van der Waals surface area contributed by atoms with Gasteiger partial charge < -0.3 is 9.64 Å². The van der Waals surface area contributed by atoms with Crippen LogP contribution in [-0.4, -0.2) is 58.7 Å². The van der Waals surface area contributed by atoms with Crippen LogP contribution in [0.5, 0.6) is 5.75 Å². The Kier molecular flexibility index (Phi) is 5.07. The molecule has 2 heterocycles. The summed E-state index contributed by atoms with van der Waals surface area (Å²) in [5.74, 6) is 0.913. The van der Waals surface area contributed by atoms with Gasteiger partial charge in [0.05, 0.1) is 12.1 Å². The molecule has 0 saturated carbocycles.